The van der Waals surface area contributed by atoms with Gasteiger partial charge in [0.1, 0.15) is 0 Å². The van der Waals surface area contributed by atoms with Crippen LogP contribution in [0.4, 0.5) is 10.5 Å². The zero-order valence-corrected chi connectivity index (χ0v) is 24.1. The highest BCUT2D eigenvalue weighted by molar-refractivity contribution is 5.91. The maximum atomic E-state index is 12.4. The van der Waals surface area contributed by atoms with Gasteiger partial charge in [-0.1, -0.05) is 72.8 Å². The molecular weight excluding hydrogens is 534 g/mol. The second kappa shape index (κ2) is 11.7. The topological polar surface area (TPSA) is 87.5 Å². The quantitative estimate of drug-likeness (QED) is 0.234. The lowest BCUT2D eigenvalue weighted by Crippen LogP contribution is -2.45. The van der Waals surface area contributed by atoms with Gasteiger partial charge in [0.15, 0.2) is 11.3 Å². The maximum absolute atomic E-state index is 12.4. The van der Waals surface area contributed by atoms with Crippen molar-refractivity contribution in [2.24, 2.45) is 0 Å². The van der Waals surface area contributed by atoms with Crippen LogP contribution < -0.4 is 10.6 Å². The van der Waals surface area contributed by atoms with Crippen LogP contribution in [0.5, 0.6) is 0 Å². The Labute approximate surface area is 250 Å². The molecule has 1 saturated heterocycles. The van der Waals surface area contributed by atoms with E-state index in [9.17, 15) is 4.79 Å². The molecule has 8 heteroatoms. The van der Waals surface area contributed by atoms with E-state index in [1.54, 1.807) is 0 Å². The van der Waals surface area contributed by atoms with Crippen LogP contribution in [0.1, 0.15) is 24.1 Å². The molecule has 7 rings (SSSR count). The number of aryl methyl sites for hydroxylation is 1. The lowest BCUT2D eigenvalue weighted by atomic mass is 9.97. The zero-order chi connectivity index (χ0) is 29.2. The van der Waals surface area contributed by atoms with Crippen molar-refractivity contribution in [3.05, 3.63) is 115 Å². The standard InChI is InChI=1S/C35H33N7O/c1-24-20-32-36-22-28-21-31(26-8-4-2-5-9-26)33(39-34(28)42(32)40-24)27-14-12-25(13-15-27)23-41-18-16-30(17-19-41)38-35(43)37-29-10-6-3-7-11-29/h2-15,20-22,30H,16-19,23H2,1H3,(H2,37,38,43). The number of para-hydroxylation sites is 1. The molecule has 0 saturated carbocycles. The molecule has 0 atom stereocenters. The number of nitrogens with one attached hydrogen (secondary N) is 2. The molecule has 0 aliphatic carbocycles. The molecule has 1 fully saturated rings. The number of anilines is 1. The first-order valence-corrected chi connectivity index (χ1v) is 14.7. The van der Waals surface area contributed by atoms with Crippen LogP contribution in [0.3, 0.4) is 0 Å². The highest BCUT2D eigenvalue weighted by Crippen LogP contribution is 2.33. The van der Waals surface area contributed by atoms with E-state index in [0.29, 0.717) is 0 Å². The minimum atomic E-state index is -0.142. The third-order valence-corrected chi connectivity index (χ3v) is 8.05. The summed E-state index contributed by atoms with van der Waals surface area (Å²) >= 11 is 0. The van der Waals surface area contributed by atoms with Crippen molar-refractivity contribution in [1.82, 2.24) is 29.8 Å². The van der Waals surface area contributed by atoms with E-state index in [0.717, 1.165) is 82.9 Å². The zero-order valence-electron chi connectivity index (χ0n) is 24.1. The number of pyridine rings is 1. The number of urea groups is 1. The summed E-state index contributed by atoms with van der Waals surface area (Å²) < 4.78 is 1.83. The number of amides is 2. The van der Waals surface area contributed by atoms with E-state index in [1.165, 1.54) is 5.56 Å². The number of nitrogens with zero attached hydrogens (tertiary/aromatic N) is 5. The smallest absolute Gasteiger partial charge is 0.319 e. The molecule has 0 spiro atoms. The van der Waals surface area contributed by atoms with Gasteiger partial charge in [0, 0.05) is 60.1 Å². The number of rotatable bonds is 6. The molecule has 1 aliphatic heterocycles. The predicted molar refractivity (Wildman–Crippen MR) is 171 cm³/mol. The van der Waals surface area contributed by atoms with Crippen molar-refractivity contribution >= 4 is 28.4 Å². The van der Waals surface area contributed by atoms with Gasteiger partial charge in [-0.05, 0) is 49.1 Å². The van der Waals surface area contributed by atoms with E-state index in [4.69, 9.17) is 4.98 Å². The molecule has 214 valence electrons. The highest BCUT2D eigenvalue weighted by Gasteiger charge is 2.21. The fourth-order valence-corrected chi connectivity index (χ4v) is 5.85. The molecular formula is C35H33N7O. The minimum absolute atomic E-state index is 0.142. The van der Waals surface area contributed by atoms with Gasteiger partial charge in [-0.25, -0.2) is 14.8 Å². The number of carbonyl (C=O) groups excluding carboxylic acids is 1. The van der Waals surface area contributed by atoms with Gasteiger partial charge in [-0.2, -0.15) is 9.61 Å². The summed E-state index contributed by atoms with van der Waals surface area (Å²) in [4.78, 5) is 24.6. The van der Waals surface area contributed by atoms with Crippen LogP contribution in [-0.4, -0.2) is 49.6 Å². The van der Waals surface area contributed by atoms with E-state index in [2.05, 4.69) is 80.2 Å². The van der Waals surface area contributed by atoms with Crippen molar-refractivity contribution in [1.29, 1.82) is 0 Å². The van der Waals surface area contributed by atoms with Crippen molar-refractivity contribution in [2.75, 3.05) is 18.4 Å². The predicted octanol–water partition coefficient (Wildman–Crippen LogP) is 6.71. The van der Waals surface area contributed by atoms with E-state index in [-0.39, 0.29) is 12.1 Å². The van der Waals surface area contributed by atoms with Gasteiger partial charge in [-0.3, -0.25) is 4.90 Å². The van der Waals surface area contributed by atoms with Crippen LogP contribution in [0.2, 0.25) is 0 Å². The Hall–Kier alpha value is -5.08. The lowest BCUT2D eigenvalue weighted by Gasteiger charge is -2.32. The second-order valence-electron chi connectivity index (χ2n) is 11.2. The average Bonchev–Trinajstić information content (AvgIpc) is 3.43. The number of fused-ring (bicyclic) bond motifs is 3. The first kappa shape index (κ1) is 26.8. The normalized spacial score (nSPS) is 14.3. The molecule has 1 aliphatic rings. The first-order valence-electron chi connectivity index (χ1n) is 14.7. The Bertz CT molecular complexity index is 1880. The molecule has 43 heavy (non-hydrogen) atoms. The fraction of sp³-hybridized carbons (Fsp3) is 0.200. The molecule has 3 aromatic carbocycles. The monoisotopic (exact) mass is 567 g/mol. The molecule has 6 aromatic rings. The first-order chi connectivity index (χ1) is 21.1. The van der Waals surface area contributed by atoms with Crippen LogP contribution in [-0.2, 0) is 6.54 Å². The van der Waals surface area contributed by atoms with Gasteiger partial charge in [0.25, 0.3) is 0 Å². The summed E-state index contributed by atoms with van der Waals surface area (Å²) in [5.41, 5.74) is 8.73. The van der Waals surface area contributed by atoms with E-state index < -0.39 is 0 Å². The number of likely N-dealkylation sites (tertiary alicyclic amines) is 1. The van der Waals surface area contributed by atoms with Crippen molar-refractivity contribution in [3.8, 4) is 22.4 Å². The fourth-order valence-electron chi connectivity index (χ4n) is 5.85. The molecule has 0 bridgehead atoms. The Kier molecular flexibility index (Phi) is 7.27. The van der Waals surface area contributed by atoms with E-state index >= 15 is 0 Å². The number of aromatic nitrogens is 4. The minimum Gasteiger partial charge on any atom is -0.335 e. The molecule has 8 nitrogen and oxygen atoms in total. The Balaban J connectivity index is 1.07. The third-order valence-electron chi connectivity index (χ3n) is 8.05. The largest absolute Gasteiger partial charge is 0.335 e. The van der Waals surface area contributed by atoms with Gasteiger partial charge in [0.05, 0.1) is 11.4 Å². The summed E-state index contributed by atoms with van der Waals surface area (Å²) in [6.45, 7) is 4.73. The van der Waals surface area contributed by atoms with Crippen molar-refractivity contribution < 1.29 is 4.79 Å². The lowest BCUT2D eigenvalue weighted by molar-refractivity contribution is 0.190. The summed E-state index contributed by atoms with van der Waals surface area (Å²) in [6.07, 6.45) is 3.74. The summed E-state index contributed by atoms with van der Waals surface area (Å²) in [5.74, 6) is 0. The molecule has 0 unspecified atom stereocenters. The van der Waals surface area contributed by atoms with Gasteiger partial charge in [-0.15, -0.1) is 0 Å². The molecule has 0 radical (unpaired) electrons. The number of benzene rings is 3. The van der Waals surface area contributed by atoms with Crippen LogP contribution in [0, 0.1) is 6.92 Å². The number of hydrogen-bond acceptors (Lipinski definition) is 5. The molecule has 4 heterocycles. The van der Waals surface area contributed by atoms with Gasteiger partial charge >= 0.3 is 6.03 Å². The molecule has 2 amide bonds. The molecule has 2 N–H and O–H groups in total. The third kappa shape index (κ3) is 5.82. The maximum Gasteiger partial charge on any atom is 0.319 e. The Morgan fingerprint density at radius 2 is 1.60 bits per heavy atom. The van der Waals surface area contributed by atoms with Crippen LogP contribution in [0.25, 0.3) is 39.1 Å². The van der Waals surface area contributed by atoms with Crippen molar-refractivity contribution in [2.45, 2.75) is 32.4 Å². The van der Waals surface area contributed by atoms with E-state index in [1.807, 2.05) is 60.1 Å². The van der Waals surface area contributed by atoms with Crippen LogP contribution in [0.15, 0.2) is 103 Å². The number of hydrogen-bond donors (Lipinski definition) is 2. The Morgan fingerprint density at radius 1 is 0.884 bits per heavy atom. The number of piperidine rings is 1. The summed E-state index contributed by atoms with van der Waals surface area (Å²) in [6, 6.07) is 32.9. The average molecular weight is 568 g/mol. The van der Waals surface area contributed by atoms with Gasteiger partial charge in [0.2, 0.25) is 0 Å². The summed E-state index contributed by atoms with van der Waals surface area (Å²) in [5, 5.41) is 11.6. The Morgan fingerprint density at radius 3 is 2.35 bits per heavy atom. The highest BCUT2D eigenvalue weighted by atomic mass is 16.2. The summed E-state index contributed by atoms with van der Waals surface area (Å²) in [7, 11) is 0. The molecule has 3 aromatic heterocycles. The van der Waals surface area contributed by atoms with Crippen molar-refractivity contribution in [3.63, 3.8) is 0 Å². The van der Waals surface area contributed by atoms with Gasteiger partial charge < -0.3 is 10.6 Å². The second-order valence-corrected chi connectivity index (χ2v) is 11.2. The SMILES string of the molecule is Cc1cc2ncc3cc(-c4ccccc4)c(-c4ccc(CN5CCC(NC(=O)Nc6ccccc6)CC5)cc4)nc3n2n1. The van der Waals surface area contributed by atoms with Crippen LogP contribution >= 0.6 is 0 Å². The number of carbonyl (C=O) groups is 1.